The van der Waals surface area contributed by atoms with E-state index in [1.54, 1.807) is 0 Å². The van der Waals surface area contributed by atoms with Gasteiger partial charge in [0.25, 0.3) is 0 Å². The summed E-state index contributed by atoms with van der Waals surface area (Å²) in [7, 11) is 2.14. The minimum absolute atomic E-state index is 0.454. The number of pyridine rings is 1. The average molecular weight is 299 g/mol. The normalized spacial score (nSPS) is 10.8. The molecule has 0 unspecified atom stereocenters. The van der Waals surface area contributed by atoms with E-state index in [0.29, 0.717) is 4.99 Å². The molecular formula is C17H21N3S. The van der Waals surface area contributed by atoms with Gasteiger partial charge in [0.15, 0.2) is 0 Å². The zero-order valence-corrected chi connectivity index (χ0v) is 13.4. The molecule has 4 heteroatoms. The standard InChI is InChI=1S/C17H21N3S/c1-13-11-15(17(18)21)3-4-16(13)12-20(2)10-7-14-5-8-19-9-6-14/h3-6,8-9,11H,7,10,12H2,1-2H3,(H2,18,21). The molecule has 2 N–H and O–H groups in total. The topological polar surface area (TPSA) is 42.1 Å². The number of aryl methyl sites for hydroxylation is 1. The molecule has 0 atom stereocenters. The molecule has 0 fully saturated rings. The maximum Gasteiger partial charge on any atom is 0.103 e. The van der Waals surface area contributed by atoms with Crippen LogP contribution in [0.5, 0.6) is 0 Å². The van der Waals surface area contributed by atoms with Crippen LogP contribution in [-0.2, 0) is 13.0 Å². The first kappa shape index (κ1) is 15.6. The zero-order chi connectivity index (χ0) is 15.2. The van der Waals surface area contributed by atoms with Crippen molar-refractivity contribution in [1.29, 1.82) is 0 Å². The van der Waals surface area contributed by atoms with Gasteiger partial charge in [-0.15, -0.1) is 0 Å². The lowest BCUT2D eigenvalue weighted by atomic mass is 10.0. The highest BCUT2D eigenvalue weighted by atomic mass is 32.1. The molecular weight excluding hydrogens is 278 g/mol. The van der Waals surface area contributed by atoms with Gasteiger partial charge in [0.2, 0.25) is 0 Å². The van der Waals surface area contributed by atoms with Gasteiger partial charge < -0.3 is 10.6 Å². The van der Waals surface area contributed by atoms with E-state index in [-0.39, 0.29) is 0 Å². The summed E-state index contributed by atoms with van der Waals surface area (Å²) < 4.78 is 0. The van der Waals surface area contributed by atoms with Crippen LogP contribution in [0.25, 0.3) is 0 Å². The first-order valence-corrected chi connectivity index (χ1v) is 7.44. The Kier molecular flexibility index (Phi) is 5.42. The predicted molar refractivity (Wildman–Crippen MR) is 91.3 cm³/mol. The van der Waals surface area contributed by atoms with Gasteiger partial charge in [0.05, 0.1) is 0 Å². The molecule has 21 heavy (non-hydrogen) atoms. The van der Waals surface area contributed by atoms with Gasteiger partial charge in [-0.3, -0.25) is 4.98 Å². The Morgan fingerprint density at radius 2 is 1.95 bits per heavy atom. The minimum Gasteiger partial charge on any atom is -0.389 e. The number of benzene rings is 1. The van der Waals surface area contributed by atoms with E-state index in [2.05, 4.69) is 48.1 Å². The third-order valence-corrected chi connectivity index (χ3v) is 3.83. The van der Waals surface area contributed by atoms with E-state index < -0.39 is 0 Å². The van der Waals surface area contributed by atoms with E-state index in [0.717, 1.165) is 25.1 Å². The molecule has 2 aromatic rings. The van der Waals surface area contributed by atoms with Gasteiger partial charge in [0.1, 0.15) is 4.99 Å². The maximum atomic E-state index is 5.66. The molecule has 1 aromatic carbocycles. The summed E-state index contributed by atoms with van der Waals surface area (Å²) in [6.07, 6.45) is 4.71. The van der Waals surface area contributed by atoms with Crippen LogP contribution in [-0.4, -0.2) is 28.5 Å². The monoisotopic (exact) mass is 299 g/mol. The van der Waals surface area contributed by atoms with Crippen LogP contribution in [0, 0.1) is 6.92 Å². The van der Waals surface area contributed by atoms with E-state index in [1.807, 2.05) is 18.5 Å². The summed E-state index contributed by atoms with van der Waals surface area (Å²) in [6, 6.07) is 10.3. The number of hydrogen-bond donors (Lipinski definition) is 1. The molecule has 3 nitrogen and oxygen atoms in total. The summed E-state index contributed by atoms with van der Waals surface area (Å²) in [6.45, 7) is 4.04. The Morgan fingerprint density at radius 1 is 1.24 bits per heavy atom. The molecule has 0 amide bonds. The highest BCUT2D eigenvalue weighted by Gasteiger charge is 2.06. The molecule has 0 bridgehead atoms. The third-order valence-electron chi connectivity index (χ3n) is 3.60. The minimum atomic E-state index is 0.454. The molecule has 0 radical (unpaired) electrons. The van der Waals surface area contributed by atoms with Crippen molar-refractivity contribution in [3.05, 3.63) is 65.0 Å². The van der Waals surface area contributed by atoms with Gasteiger partial charge in [-0.25, -0.2) is 0 Å². The fraction of sp³-hybridized carbons (Fsp3) is 0.294. The van der Waals surface area contributed by atoms with Crippen LogP contribution in [0.2, 0.25) is 0 Å². The van der Waals surface area contributed by atoms with E-state index >= 15 is 0 Å². The Morgan fingerprint density at radius 3 is 2.57 bits per heavy atom. The molecule has 0 aliphatic heterocycles. The first-order chi connectivity index (χ1) is 10.1. The van der Waals surface area contributed by atoms with E-state index in [1.165, 1.54) is 16.7 Å². The molecule has 2 rings (SSSR count). The van der Waals surface area contributed by atoms with Crippen LogP contribution >= 0.6 is 12.2 Å². The molecule has 0 aliphatic carbocycles. The number of thiocarbonyl (C=S) groups is 1. The van der Waals surface area contributed by atoms with Crippen LogP contribution < -0.4 is 5.73 Å². The van der Waals surface area contributed by atoms with Crippen molar-refractivity contribution in [3.8, 4) is 0 Å². The number of rotatable bonds is 6. The molecule has 0 aliphatic rings. The van der Waals surface area contributed by atoms with Gasteiger partial charge in [-0.2, -0.15) is 0 Å². The highest BCUT2D eigenvalue weighted by molar-refractivity contribution is 7.80. The summed E-state index contributed by atoms with van der Waals surface area (Å²) >= 11 is 5.01. The Balaban J connectivity index is 1.93. The van der Waals surface area contributed by atoms with Gasteiger partial charge >= 0.3 is 0 Å². The first-order valence-electron chi connectivity index (χ1n) is 7.03. The van der Waals surface area contributed by atoms with Crippen molar-refractivity contribution in [2.24, 2.45) is 5.73 Å². The smallest absolute Gasteiger partial charge is 0.103 e. The fourth-order valence-corrected chi connectivity index (χ4v) is 2.39. The van der Waals surface area contributed by atoms with Crippen molar-refractivity contribution >= 4 is 17.2 Å². The summed E-state index contributed by atoms with van der Waals surface area (Å²) in [5, 5.41) is 0. The van der Waals surface area contributed by atoms with Crippen LogP contribution in [0.1, 0.15) is 22.3 Å². The second-order valence-electron chi connectivity index (χ2n) is 5.35. The Hall–Kier alpha value is -1.78. The largest absolute Gasteiger partial charge is 0.389 e. The summed E-state index contributed by atoms with van der Waals surface area (Å²) in [5.74, 6) is 0. The molecule has 1 heterocycles. The Bertz CT molecular complexity index is 611. The Labute approximate surface area is 131 Å². The summed E-state index contributed by atoms with van der Waals surface area (Å²) in [4.78, 5) is 6.82. The fourth-order valence-electron chi connectivity index (χ4n) is 2.27. The number of nitrogens with two attached hydrogens (primary N) is 1. The highest BCUT2D eigenvalue weighted by Crippen LogP contribution is 2.13. The SMILES string of the molecule is Cc1cc(C(N)=S)ccc1CN(C)CCc1ccncc1. The second kappa shape index (κ2) is 7.29. The molecule has 0 saturated carbocycles. The third kappa shape index (κ3) is 4.62. The molecule has 0 spiro atoms. The van der Waals surface area contributed by atoms with Crippen molar-refractivity contribution in [3.63, 3.8) is 0 Å². The van der Waals surface area contributed by atoms with E-state index in [4.69, 9.17) is 18.0 Å². The van der Waals surface area contributed by atoms with Gasteiger partial charge in [0, 0.05) is 31.0 Å². The maximum absolute atomic E-state index is 5.66. The lowest BCUT2D eigenvalue weighted by molar-refractivity contribution is 0.330. The predicted octanol–water partition coefficient (Wildman–Crippen LogP) is 2.70. The number of hydrogen-bond acceptors (Lipinski definition) is 3. The molecule has 0 saturated heterocycles. The second-order valence-corrected chi connectivity index (χ2v) is 5.79. The molecule has 110 valence electrons. The summed E-state index contributed by atoms with van der Waals surface area (Å²) in [5.41, 5.74) is 10.5. The lowest BCUT2D eigenvalue weighted by Crippen LogP contribution is -2.21. The van der Waals surface area contributed by atoms with Crippen molar-refractivity contribution in [2.45, 2.75) is 19.9 Å². The van der Waals surface area contributed by atoms with Crippen LogP contribution in [0.4, 0.5) is 0 Å². The van der Waals surface area contributed by atoms with Crippen molar-refractivity contribution in [1.82, 2.24) is 9.88 Å². The zero-order valence-electron chi connectivity index (χ0n) is 12.5. The number of aromatic nitrogens is 1. The number of nitrogens with zero attached hydrogens (tertiary/aromatic N) is 2. The van der Waals surface area contributed by atoms with Crippen LogP contribution in [0.15, 0.2) is 42.7 Å². The van der Waals surface area contributed by atoms with Crippen molar-refractivity contribution < 1.29 is 0 Å². The quantitative estimate of drug-likeness (QED) is 0.833. The number of likely N-dealkylation sites (N-methyl/N-ethyl adjacent to an activating group) is 1. The van der Waals surface area contributed by atoms with Crippen molar-refractivity contribution in [2.75, 3.05) is 13.6 Å². The van der Waals surface area contributed by atoms with Gasteiger partial charge in [-0.1, -0.05) is 24.4 Å². The average Bonchev–Trinajstić information content (AvgIpc) is 2.48. The van der Waals surface area contributed by atoms with Crippen LogP contribution in [0.3, 0.4) is 0 Å². The lowest BCUT2D eigenvalue weighted by Gasteiger charge is -2.18. The van der Waals surface area contributed by atoms with Gasteiger partial charge in [-0.05, 0) is 55.3 Å². The van der Waals surface area contributed by atoms with E-state index in [9.17, 15) is 0 Å². The molecule has 1 aromatic heterocycles.